The molecule has 108 valence electrons. The highest BCUT2D eigenvalue weighted by Gasteiger charge is 2.32. The number of para-hydroxylation sites is 1. The Hall–Kier alpha value is -1.88. The molecule has 0 saturated carbocycles. The first-order chi connectivity index (χ1) is 9.52. The minimum Gasteiger partial charge on any atom is -0.481 e. The van der Waals surface area contributed by atoms with Crippen LogP contribution in [-0.4, -0.2) is 30.1 Å². The molecule has 1 aliphatic heterocycles. The van der Waals surface area contributed by atoms with Crippen molar-refractivity contribution in [3.63, 3.8) is 0 Å². The highest BCUT2D eigenvalue weighted by atomic mass is 16.4. The summed E-state index contributed by atoms with van der Waals surface area (Å²) in [6, 6.07) is 7.50. The van der Waals surface area contributed by atoms with Crippen LogP contribution < -0.4 is 10.6 Å². The first kappa shape index (κ1) is 14.5. The monoisotopic (exact) mass is 276 g/mol. The lowest BCUT2D eigenvalue weighted by Gasteiger charge is -2.33. The number of carboxylic acids is 1. The molecule has 0 radical (unpaired) electrons. The minimum absolute atomic E-state index is 0.0543. The van der Waals surface area contributed by atoms with E-state index in [1.165, 1.54) is 0 Å². The largest absolute Gasteiger partial charge is 0.481 e. The molecule has 2 rings (SSSR count). The number of hydrogen-bond acceptors (Lipinski definition) is 3. The molecule has 0 spiro atoms. The molecule has 1 aromatic rings. The highest BCUT2D eigenvalue weighted by Crippen LogP contribution is 2.30. The Morgan fingerprint density at radius 2 is 2.15 bits per heavy atom. The Morgan fingerprint density at radius 3 is 2.80 bits per heavy atom. The molecule has 1 aliphatic rings. The van der Waals surface area contributed by atoms with E-state index in [4.69, 9.17) is 5.73 Å². The van der Waals surface area contributed by atoms with Gasteiger partial charge in [-0.1, -0.05) is 25.1 Å². The van der Waals surface area contributed by atoms with Crippen LogP contribution in [0, 0.1) is 11.8 Å². The van der Waals surface area contributed by atoms with E-state index >= 15 is 0 Å². The van der Waals surface area contributed by atoms with Crippen molar-refractivity contribution in [2.24, 2.45) is 17.6 Å². The van der Waals surface area contributed by atoms with Crippen molar-refractivity contribution < 1.29 is 14.7 Å². The second-order valence-electron chi connectivity index (χ2n) is 5.42. The first-order valence-electron chi connectivity index (χ1n) is 6.84. The van der Waals surface area contributed by atoms with Crippen molar-refractivity contribution >= 4 is 17.6 Å². The summed E-state index contributed by atoms with van der Waals surface area (Å²) < 4.78 is 0. The van der Waals surface area contributed by atoms with Crippen LogP contribution in [0.1, 0.15) is 18.9 Å². The summed E-state index contributed by atoms with van der Waals surface area (Å²) in [7, 11) is 0. The number of nitrogens with two attached hydrogens (primary N) is 1. The molecule has 1 aromatic carbocycles. The molecular formula is C15H20N2O3. The molecule has 1 heterocycles. The van der Waals surface area contributed by atoms with E-state index in [2.05, 4.69) is 0 Å². The van der Waals surface area contributed by atoms with Gasteiger partial charge in [-0.2, -0.15) is 0 Å². The number of carboxylic acid groups (broad SMARTS) is 1. The Labute approximate surface area is 118 Å². The SMILES string of the molecule is CC(CN)CC(=O)N1CC(C(=O)O)Cc2ccccc21. The third-order valence-electron chi connectivity index (χ3n) is 3.73. The molecule has 0 saturated heterocycles. The van der Waals surface area contributed by atoms with Gasteiger partial charge in [-0.3, -0.25) is 9.59 Å². The molecule has 2 unspecified atom stereocenters. The van der Waals surface area contributed by atoms with Crippen LogP contribution in [0.15, 0.2) is 24.3 Å². The maximum absolute atomic E-state index is 12.4. The summed E-state index contributed by atoms with van der Waals surface area (Å²) in [5.41, 5.74) is 7.30. The zero-order valence-electron chi connectivity index (χ0n) is 11.6. The molecule has 0 fully saturated rings. The molecule has 3 N–H and O–H groups in total. The van der Waals surface area contributed by atoms with Crippen LogP contribution in [0.3, 0.4) is 0 Å². The summed E-state index contributed by atoms with van der Waals surface area (Å²) in [6.45, 7) is 2.61. The number of rotatable bonds is 4. The van der Waals surface area contributed by atoms with Crippen LogP contribution in [0.4, 0.5) is 5.69 Å². The van der Waals surface area contributed by atoms with Gasteiger partial charge in [0.25, 0.3) is 0 Å². The molecule has 2 atom stereocenters. The van der Waals surface area contributed by atoms with E-state index < -0.39 is 11.9 Å². The Morgan fingerprint density at radius 1 is 1.45 bits per heavy atom. The van der Waals surface area contributed by atoms with Gasteiger partial charge >= 0.3 is 5.97 Å². The fourth-order valence-corrected chi connectivity index (χ4v) is 2.49. The van der Waals surface area contributed by atoms with Gasteiger partial charge in [0.05, 0.1) is 5.92 Å². The van der Waals surface area contributed by atoms with Gasteiger partial charge in [0.2, 0.25) is 5.91 Å². The number of carbonyl (C=O) groups excluding carboxylic acids is 1. The van der Waals surface area contributed by atoms with Crippen LogP contribution in [0.2, 0.25) is 0 Å². The third-order valence-corrected chi connectivity index (χ3v) is 3.73. The molecule has 5 heteroatoms. The number of anilines is 1. The smallest absolute Gasteiger partial charge is 0.308 e. The van der Waals surface area contributed by atoms with E-state index in [1.54, 1.807) is 4.90 Å². The number of amides is 1. The molecule has 20 heavy (non-hydrogen) atoms. The Bertz CT molecular complexity index is 516. The molecule has 1 amide bonds. The lowest BCUT2D eigenvalue weighted by atomic mass is 9.92. The summed E-state index contributed by atoms with van der Waals surface area (Å²) in [5, 5.41) is 9.23. The number of carbonyl (C=O) groups is 2. The van der Waals surface area contributed by atoms with Crippen molar-refractivity contribution in [2.75, 3.05) is 18.0 Å². The average Bonchev–Trinajstić information content (AvgIpc) is 2.45. The number of benzene rings is 1. The Kier molecular flexibility index (Phi) is 4.39. The van der Waals surface area contributed by atoms with Crippen molar-refractivity contribution in [2.45, 2.75) is 19.8 Å². The predicted octanol–water partition coefficient (Wildman–Crippen LogP) is 1.26. The van der Waals surface area contributed by atoms with E-state index in [9.17, 15) is 14.7 Å². The van der Waals surface area contributed by atoms with E-state index in [-0.39, 0.29) is 18.4 Å². The maximum atomic E-state index is 12.4. The summed E-state index contributed by atoms with van der Waals surface area (Å²) in [6.07, 6.45) is 0.818. The zero-order chi connectivity index (χ0) is 14.7. The average molecular weight is 276 g/mol. The second-order valence-corrected chi connectivity index (χ2v) is 5.42. The number of aliphatic carboxylic acids is 1. The quantitative estimate of drug-likeness (QED) is 0.867. The topological polar surface area (TPSA) is 83.6 Å². The van der Waals surface area contributed by atoms with Gasteiger partial charge in [-0.15, -0.1) is 0 Å². The lowest BCUT2D eigenvalue weighted by molar-refractivity contribution is -0.141. The van der Waals surface area contributed by atoms with E-state index in [1.807, 2.05) is 31.2 Å². The van der Waals surface area contributed by atoms with Gasteiger partial charge in [-0.05, 0) is 30.5 Å². The van der Waals surface area contributed by atoms with Crippen LogP contribution in [0.5, 0.6) is 0 Å². The molecule has 0 aromatic heterocycles. The standard InChI is InChI=1S/C15H20N2O3/c1-10(8-16)6-14(18)17-9-12(15(19)20)7-11-4-2-3-5-13(11)17/h2-5,10,12H,6-9,16H2,1H3,(H,19,20). The number of nitrogens with zero attached hydrogens (tertiary/aromatic N) is 1. The molecule has 0 bridgehead atoms. The number of fused-ring (bicyclic) bond motifs is 1. The van der Waals surface area contributed by atoms with Crippen molar-refractivity contribution in [3.05, 3.63) is 29.8 Å². The van der Waals surface area contributed by atoms with Crippen LogP contribution in [-0.2, 0) is 16.0 Å². The molecular weight excluding hydrogens is 256 g/mol. The fourth-order valence-electron chi connectivity index (χ4n) is 2.49. The van der Waals surface area contributed by atoms with E-state index in [0.29, 0.717) is 19.4 Å². The van der Waals surface area contributed by atoms with Crippen LogP contribution in [0.25, 0.3) is 0 Å². The zero-order valence-corrected chi connectivity index (χ0v) is 11.6. The van der Waals surface area contributed by atoms with Gasteiger partial charge < -0.3 is 15.7 Å². The van der Waals surface area contributed by atoms with Crippen molar-refractivity contribution in [3.8, 4) is 0 Å². The summed E-state index contributed by atoms with van der Waals surface area (Å²) >= 11 is 0. The maximum Gasteiger partial charge on any atom is 0.308 e. The van der Waals surface area contributed by atoms with Crippen LogP contribution >= 0.6 is 0 Å². The van der Waals surface area contributed by atoms with E-state index in [0.717, 1.165) is 11.3 Å². The first-order valence-corrected chi connectivity index (χ1v) is 6.84. The Balaban J connectivity index is 2.26. The lowest BCUT2D eigenvalue weighted by Crippen LogP contribution is -2.43. The van der Waals surface area contributed by atoms with Crippen molar-refractivity contribution in [1.29, 1.82) is 0 Å². The summed E-state index contributed by atoms with van der Waals surface area (Å²) in [4.78, 5) is 25.2. The highest BCUT2D eigenvalue weighted by molar-refractivity contribution is 5.95. The second kappa shape index (κ2) is 6.05. The summed E-state index contributed by atoms with van der Waals surface area (Å²) in [5.74, 6) is -1.35. The van der Waals surface area contributed by atoms with Gasteiger partial charge in [0.1, 0.15) is 0 Å². The third kappa shape index (κ3) is 2.99. The van der Waals surface area contributed by atoms with Gasteiger partial charge in [0.15, 0.2) is 0 Å². The van der Waals surface area contributed by atoms with Gasteiger partial charge in [-0.25, -0.2) is 0 Å². The van der Waals surface area contributed by atoms with Crippen molar-refractivity contribution in [1.82, 2.24) is 0 Å². The molecule has 5 nitrogen and oxygen atoms in total. The fraction of sp³-hybridized carbons (Fsp3) is 0.467. The predicted molar refractivity (Wildman–Crippen MR) is 76.5 cm³/mol. The van der Waals surface area contributed by atoms with Gasteiger partial charge in [0, 0.05) is 18.7 Å². The minimum atomic E-state index is -0.857. The molecule has 0 aliphatic carbocycles. The number of hydrogen-bond donors (Lipinski definition) is 2. The normalized spacial score (nSPS) is 19.3.